The molecule has 0 aliphatic heterocycles. The van der Waals surface area contributed by atoms with Crippen LogP contribution in [0.25, 0.3) is 0 Å². The van der Waals surface area contributed by atoms with Gasteiger partial charge in [0, 0.05) is 4.75 Å². The van der Waals surface area contributed by atoms with E-state index < -0.39 is 27.9 Å². The summed E-state index contributed by atoms with van der Waals surface area (Å²) in [5.41, 5.74) is 5.79. The number of esters is 1. The second-order valence-electron chi connectivity index (χ2n) is 4.91. The highest BCUT2D eigenvalue weighted by molar-refractivity contribution is 8.14. The maximum atomic E-state index is 11.8. The summed E-state index contributed by atoms with van der Waals surface area (Å²) >= 11 is 0.759. The zero-order valence-electron chi connectivity index (χ0n) is 12.8. The zero-order chi connectivity index (χ0) is 16.9. The third-order valence-corrected chi connectivity index (χ3v) is 3.86. The largest absolute Gasteiger partial charge is 0.519 e. The average Bonchev–Trinajstić information content (AvgIpc) is 2.73. The Labute approximate surface area is 131 Å². The minimum Gasteiger partial charge on any atom is -0.465 e. The zero-order valence-corrected chi connectivity index (χ0v) is 13.7. The molecule has 2 N–H and O–H groups in total. The Bertz CT molecular complexity index is 589. The first kappa shape index (κ1) is 18.3. The van der Waals surface area contributed by atoms with Crippen LogP contribution in [0.5, 0.6) is 0 Å². The van der Waals surface area contributed by atoms with Crippen LogP contribution in [0.1, 0.15) is 32.3 Å². The minimum atomic E-state index is -0.987. The number of thioether (sulfide) groups is 1. The van der Waals surface area contributed by atoms with Gasteiger partial charge in [-0.05, 0) is 39.5 Å². The number of hydrogen-bond donors (Lipinski definition) is 1. The molecule has 0 saturated heterocycles. The van der Waals surface area contributed by atoms with Crippen molar-refractivity contribution in [3.05, 3.63) is 22.1 Å². The lowest BCUT2D eigenvalue weighted by Gasteiger charge is -2.27. The molecule has 1 aromatic rings. The van der Waals surface area contributed by atoms with Gasteiger partial charge in [-0.25, -0.2) is 9.59 Å². The standard InChI is InChI=1S/C13H19NO7S/c1-5-18-10(15)9(14)13(3,4)22-12(17)19-6-8-7(2)20-11(16)21-8/h9H,5-6,14H2,1-4H3/t9-/m0/s1. The third-order valence-electron chi connectivity index (χ3n) is 2.79. The van der Waals surface area contributed by atoms with Crippen molar-refractivity contribution in [2.45, 2.75) is 45.1 Å². The van der Waals surface area contributed by atoms with E-state index >= 15 is 0 Å². The Morgan fingerprint density at radius 2 is 1.95 bits per heavy atom. The lowest BCUT2D eigenvalue weighted by Crippen LogP contribution is -2.48. The predicted octanol–water partition coefficient (Wildman–Crippen LogP) is 1.58. The third kappa shape index (κ3) is 4.92. The molecule has 124 valence electrons. The normalized spacial score (nSPS) is 12.8. The summed E-state index contributed by atoms with van der Waals surface area (Å²) in [4.78, 5) is 34.3. The molecule has 8 nitrogen and oxygen atoms in total. The van der Waals surface area contributed by atoms with E-state index in [1.807, 2.05) is 0 Å². The predicted molar refractivity (Wildman–Crippen MR) is 78.4 cm³/mol. The van der Waals surface area contributed by atoms with Crippen molar-refractivity contribution in [2.24, 2.45) is 5.73 Å². The number of hydrogen-bond acceptors (Lipinski definition) is 9. The van der Waals surface area contributed by atoms with E-state index in [-0.39, 0.29) is 24.7 Å². The van der Waals surface area contributed by atoms with Crippen molar-refractivity contribution in [3.8, 4) is 0 Å². The Morgan fingerprint density at radius 1 is 1.32 bits per heavy atom. The second-order valence-corrected chi connectivity index (χ2v) is 6.50. The highest BCUT2D eigenvalue weighted by Crippen LogP contribution is 2.30. The van der Waals surface area contributed by atoms with Gasteiger partial charge in [0.25, 0.3) is 0 Å². The first-order chi connectivity index (χ1) is 10.2. The lowest BCUT2D eigenvalue weighted by atomic mass is 10.1. The van der Waals surface area contributed by atoms with Crippen molar-refractivity contribution in [3.63, 3.8) is 0 Å². The summed E-state index contributed by atoms with van der Waals surface area (Å²) in [5, 5.41) is -0.659. The fraction of sp³-hybridized carbons (Fsp3) is 0.615. The van der Waals surface area contributed by atoms with Gasteiger partial charge in [0.05, 0.1) is 6.61 Å². The van der Waals surface area contributed by atoms with Gasteiger partial charge in [0.1, 0.15) is 6.04 Å². The molecule has 22 heavy (non-hydrogen) atoms. The smallest absolute Gasteiger partial charge is 0.465 e. The number of rotatable bonds is 6. The van der Waals surface area contributed by atoms with Crippen LogP contribution in [0.3, 0.4) is 0 Å². The van der Waals surface area contributed by atoms with E-state index in [9.17, 15) is 14.4 Å². The Hall–Kier alpha value is -1.74. The highest BCUT2D eigenvalue weighted by Gasteiger charge is 2.37. The van der Waals surface area contributed by atoms with Crippen LogP contribution in [0.2, 0.25) is 0 Å². The maximum absolute atomic E-state index is 11.8. The molecule has 0 unspecified atom stereocenters. The van der Waals surface area contributed by atoms with Crippen LogP contribution in [0.4, 0.5) is 4.79 Å². The van der Waals surface area contributed by atoms with Crippen LogP contribution >= 0.6 is 11.8 Å². The SMILES string of the molecule is CCOC(=O)[C@H](N)C(C)(C)SC(=O)OCc1oc(=O)oc1C. The molecular formula is C13H19NO7S. The van der Waals surface area contributed by atoms with Crippen molar-refractivity contribution < 1.29 is 27.9 Å². The summed E-state index contributed by atoms with van der Waals surface area (Å²) in [5.74, 6) is -1.08. The highest BCUT2D eigenvalue weighted by atomic mass is 32.2. The van der Waals surface area contributed by atoms with Gasteiger partial charge in [0.2, 0.25) is 0 Å². The van der Waals surface area contributed by atoms with E-state index in [4.69, 9.17) is 19.6 Å². The second kappa shape index (κ2) is 7.50. The summed E-state index contributed by atoms with van der Waals surface area (Å²) in [6.45, 7) is 6.40. The molecule has 1 aromatic heterocycles. The number of carbonyl (C=O) groups is 2. The summed E-state index contributed by atoms with van der Waals surface area (Å²) in [7, 11) is 0. The Balaban J connectivity index is 2.57. The quantitative estimate of drug-likeness (QED) is 0.773. The maximum Gasteiger partial charge on any atom is 0.519 e. The Kier molecular flexibility index (Phi) is 6.24. The average molecular weight is 333 g/mol. The number of nitrogens with two attached hydrogens (primary N) is 1. The Morgan fingerprint density at radius 3 is 2.45 bits per heavy atom. The first-order valence-electron chi connectivity index (χ1n) is 6.54. The fourth-order valence-corrected chi connectivity index (χ4v) is 2.22. The van der Waals surface area contributed by atoms with Gasteiger partial charge in [-0.3, -0.25) is 4.79 Å². The number of ether oxygens (including phenoxy) is 2. The minimum absolute atomic E-state index is 0.131. The van der Waals surface area contributed by atoms with Gasteiger partial charge >= 0.3 is 17.1 Å². The molecule has 0 spiro atoms. The molecule has 1 heterocycles. The van der Waals surface area contributed by atoms with Crippen molar-refractivity contribution >= 4 is 23.0 Å². The molecule has 0 bridgehead atoms. The van der Waals surface area contributed by atoms with Gasteiger partial charge in [-0.15, -0.1) is 0 Å². The van der Waals surface area contributed by atoms with Crippen LogP contribution in [-0.4, -0.2) is 28.7 Å². The molecule has 0 saturated carbocycles. The van der Waals surface area contributed by atoms with Gasteiger partial charge in [0.15, 0.2) is 18.1 Å². The molecule has 0 fully saturated rings. The van der Waals surface area contributed by atoms with Crippen LogP contribution in [0.15, 0.2) is 13.6 Å². The molecule has 9 heteroatoms. The fourth-order valence-electron chi connectivity index (χ4n) is 1.45. The summed E-state index contributed by atoms with van der Waals surface area (Å²) in [6.07, 6.45) is 0. The molecular weight excluding hydrogens is 314 g/mol. The number of carbonyl (C=O) groups excluding carboxylic acids is 2. The van der Waals surface area contributed by atoms with E-state index in [2.05, 4.69) is 4.42 Å². The first-order valence-corrected chi connectivity index (χ1v) is 7.36. The summed E-state index contributed by atoms with van der Waals surface area (Å²) in [6, 6.07) is -0.987. The topological polar surface area (TPSA) is 122 Å². The van der Waals surface area contributed by atoms with E-state index in [1.165, 1.54) is 6.92 Å². The van der Waals surface area contributed by atoms with Crippen molar-refractivity contribution in [2.75, 3.05) is 6.61 Å². The van der Waals surface area contributed by atoms with E-state index in [0.717, 1.165) is 11.8 Å². The van der Waals surface area contributed by atoms with Crippen LogP contribution in [-0.2, 0) is 20.9 Å². The molecule has 1 atom stereocenters. The molecule has 0 aliphatic carbocycles. The molecule has 0 aromatic carbocycles. The van der Waals surface area contributed by atoms with E-state index in [0.29, 0.717) is 0 Å². The van der Waals surface area contributed by atoms with Crippen molar-refractivity contribution in [1.82, 2.24) is 0 Å². The molecule has 0 aliphatic rings. The van der Waals surface area contributed by atoms with Crippen LogP contribution in [0, 0.1) is 6.92 Å². The number of aryl methyl sites for hydroxylation is 1. The van der Waals surface area contributed by atoms with Crippen molar-refractivity contribution in [1.29, 1.82) is 0 Å². The summed E-state index contributed by atoms with van der Waals surface area (Å²) < 4.78 is 18.2. The molecule has 0 amide bonds. The molecule has 0 radical (unpaired) electrons. The lowest BCUT2D eigenvalue weighted by molar-refractivity contribution is -0.145. The van der Waals surface area contributed by atoms with Gasteiger partial charge < -0.3 is 24.0 Å². The van der Waals surface area contributed by atoms with Gasteiger partial charge in [-0.1, -0.05) is 0 Å². The molecule has 1 rings (SSSR count). The monoisotopic (exact) mass is 333 g/mol. The van der Waals surface area contributed by atoms with Crippen LogP contribution < -0.4 is 11.6 Å². The van der Waals surface area contributed by atoms with Gasteiger partial charge in [-0.2, -0.15) is 0 Å². The van der Waals surface area contributed by atoms with E-state index in [1.54, 1.807) is 20.8 Å².